The summed E-state index contributed by atoms with van der Waals surface area (Å²) in [7, 11) is 0. The van der Waals surface area contributed by atoms with Crippen molar-refractivity contribution >= 4 is 17.6 Å². The zero-order valence-electron chi connectivity index (χ0n) is 16.4. The first-order valence-electron chi connectivity index (χ1n) is 9.61. The first kappa shape index (κ1) is 19.5. The second-order valence-electron chi connectivity index (χ2n) is 6.95. The molecule has 30 heavy (non-hydrogen) atoms. The van der Waals surface area contributed by atoms with Crippen molar-refractivity contribution in [1.82, 2.24) is 0 Å². The molecule has 1 amide bonds. The van der Waals surface area contributed by atoms with Crippen LogP contribution in [0.5, 0.6) is 11.5 Å². The number of aryl methyl sites for hydroxylation is 1. The van der Waals surface area contributed by atoms with Crippen LogP contribution in [0.15, 0.2) is 78.9 Å². The number of esters is 1. The molecule has 1 aliphatic rings. The Hall–Kier alpha value is -3.80. The Kier molecular flexibility index (Phi) is 5.66. The molecular weight excluding hydrogens is 382 g/mol. The Morgan fingerprint density at radius 2 is 1.60 bits per heavy atom. The van der Waals surface area contributed by atoms with Crippen LogP contribution in [0, 0.1) is 6.92 Å². The normalized spacial score (nSPS) is 15.7. The van der Waals surface area contributed by atoms with E-state index < -0.39 is 24.1 Å². The second-order valence-corrected chi connectivity index (χ2v) is 6.95. The van der Waals surface area contributed by atoms with Crippen molar-refractivity contribution in [3.8, 4) is 11.5 Å². The van der Waals surface area contributed by atoms with Crippen LogP contribution in [-0.4, -0.2) is 24.6 Å². The van der Waals surface area contributed by atoms with E-state index >= 15 is 0 Å². The lowest BCUT2D eigenvalue weighted by molar-refractivity contribution is -0.164. The largest absolute Gasteiger partial charge is 0.485 e. The summed E-state index contributed by atoms with van der Waals surface area (Å²) in [5, 5.41) is 2.80. The van der Waals surface area contributed by atoms with Gasteiger partial charge in [-0.1, -0.05) is 60.2 Å². The molecule has 0 fully saturated rings. The van der Waals surface area contributed by atoms with Gasteiger partial charge in [-0.05, 0) is 31.2 Å². The molecule has 0 aromatic heterocycles. The van der Waals surface area contributed by atoms with Gasteiger partial charge in [0.2, 0.25) is 12.2 Å². The van der Waals surface area contributed by atoms with E-state index in [1.165, 1.54) is 0 Å². The quantitative estimate of drug-likeness (QED) is 0.651. The molecule has 0 radical (unpaired) electrons. The molecule has 0 spiro atoms. The van der Waals surface area contributed by atoms with Crippen molar-refractivity contribution in [2.45, 2.75) is 19.1 Å². The van der Waals surface area contributed by atoms with E-state index in [-0.39, 0.29) is 6.61 Å². The molecule has 0 saturated heterocycles. The highest BCUT2D eigenvalue weighted by molar-refractivity contribution is 5.96. The van der Waals surface area contributed by atoms with Gasteiger partial charge in [0.1, 0.15) is 6.61 Å². The maximum atomic E-state index is 13.0. The smallest absolute Gasteiger partial charge is 0.352 e. The van der Waals surface area contributed by atoms with Crippen molar-refractivity contribution < 1.29 is 23.8 Å². The Balaban J connectivity index is 1.51. The standard InChI is InChI=1S/C24H21NO5/c1-16-11-13-18(14-12-16)25-23(26)22(17-7-3-2-4-8-17)30-24(27)21-15-28-19-9-5-6-10-20(19)29-21/h2-14,21-22H,15H2,1H3,(H,25,26). The Morgan fingerprint density at radius 1 is 0.933 bits per heavy atom. The van der Waals surface area contributed by atoms with Crippen molar-refractivity contribution in [3.63, 3.8) is 0 Å². The van der Waals surface area contributed by atoms with E-state index in [4.69, 9.17) is 14.2 Å². The lowest BCUT2D eigenvalue weighted by Crippen LogP contribution is -2.39. The molecule has 6 nitrogen and oxygen atoms in total. The zero-order chi connectivity index (χ0) is 20.9. The number of amides is 1. The molecule has 6 heteroatoms. The van der Waals surface area contributed by atoms with Crippen LogP contribution in [0.25, 0.3) is 0 Å². The third-order valence-corrected chi connectivity index (χ3v) is 4.67. The third kappa shape index (κ3) is 4.43. The van der Waals surface area contributed by atoms with Crippen molar-refractivity contribution in [3.05, 3.63) is 90.0 Å². The predicted molar refractivity (Wildman–Crippen MR) is 111 cm³/mol. The van der Waals surface area contributed by atoms with Gasteiger partial charge in [-0.3, -0.25) is 4.79 Å². The molecule has 152 valence electrons. The van der Waals surface area contributed by atoms with E-state index in [1.54, 1.807) is 54.6 Å². The number of nitrogens with one attached hydrogen (secondary N) is 1. The number of anilines is 1. The number of carbonyl (C=O) groups excluding carboxylic acids is 2. The van der Waals surface area contributed by atoms with E-state index in [0.717, 1.165) is 5.56 Å². The van der Waals surface area contributed by atoms with Gasteiger partial charge in [0.05, 0.1) is 0 Å². The molecule has 4 rings (SSSR count). The molecule has 2 atom stereocenters. The zero-order valence-corrected chi connectivity index (χ0v) is 16.4. The van der Waals surface area contributed by atoms with Gasteiger partial charge in [-0.2, -0.15) is 0 Å². The summed E-state index contributed by atoms with van der Waals surface area (Å²) >= 11 is 0. The fourth-order valence-corrected chi connectivity index (χ4v) is 3.07. The molecule has 3 aromatic rings. The van der Waals surface area contributed by atoms with Gasteiger partial charge < -0.3 is 19.5 Å². The number of benzene rings is 3. The lowest BCUT2D eigenvalue weighted by atomic mass is 10.1. The highest BCUT2D eigenvalue weighted by Crippen LogP contribution is 2.32. The molecule has 1 aliphatic heterocycles. The minimum absolute atomic E-state index is 0.0109. The van der Waals surface area contributed by atoms with Crippen molar-refractivity contribution in [2.75, 3.05) is 11.9 Å². The molecule has 0 bridgehead atoms. The highest BCUT2D eigenvalue weighted by Gasteiger charge is 2.33. The molecule has 0 saturated carbocycles. The van der Waals surface area contributed by atoms with Crippen LogP contribution in [0.3, 0.4) is 0 Å². The van der Waals surface area contributed by atoms with Crippen LogP contribution in [0.4, 0.5) is 5.69 Å². The summed E-state index contributed by atoms with van der Waals surface area (Å²) in [6.45, 7) is 1.97. The van der Waals surface area contributed by atoms with E-state index in [1.807, 2.05) is 31.2 Å². The molecule has 1 N–H and O–H groups in total. The fourth-order valence-electron chi connectivity index (χ4n) is 3.07. The number of ether oxygens (including phenoxy) is 3. The Bertz CT molecular complexity index is 1030. The van der Waals surface area contributed by atoms with Crippen molar-refractivity contribution in [2.24, 2.45) is 0 Å². The minimum Gasteiger partial charge on any atom is -0.485 e. The number of hydrogen-bond donors (Lipinski definition) is 1. The first-order chi connectivity index (χ1) is 14.6. The number of carbonyl (C=O) groups is 2. The highest BCUT2D eigenvalue weighted by atomic mass is 16.6. The van der Waals surface area contributed by atoms with Gasteiger partial charge in [-0.25, -0.2) is 4.79 Å². The van der Waals surface area contributed by atoms with Gasteiger partial charge in [0.25, 0.3) is 5.91 Å². The molecule has 0 aliphatic carbocycles. The summed E-state index contributed by atoms with van der Waals surface area (Å²) in [6.07, 6.45) is -2.08. The fraction of sp³-hybridized carbons (Fsp3) is 0.167. The van der Waals surface area contributed by atoms with E-state index in [0.29, 0.717) is 22.7 Å². The molecule has 2 unspecified atom stereocenters. The van der Waals surface area contributed by atoms with Gasteiger partial charge >= 0.3 is 5.97 Å². The minimum atomic E-state index is -1.12. The number of hydrogen-bond acceptors (Lipinski definition) is 5. The van der Waals surface area contributed by atoms with Crippen LogP contribution in [-0.2, 0) is 14.3 Å². The summed E-state index contributed by atoms with van der Waals surface area (Å²) < 4.78 is 16.9. The SMILES string of the molecule is Cc1ccc(NC(=O)C(OC(=O)C2COc3ccccc3O2)c2ccccc2)cc1. The van der Waals surface area contributed by atoms with Crippen LogP contribution < -0.4 is 14.8 Å². The van der Waals surface area contributed by atoms with Crippen LogP contribution in [0.1, 0.15) is 17.2 Å². The van der Waals surface area contributed by atoms with Gasteiger partial charge in [-0.15, -0.1) is 0 Å². The Labute approximate surface area is 174 Å². The molecule has 3 aromatic carbocycles. The summed E-state index contributed by atoms with van der Waals surface area (Å²) in [4.78, 5) is 25.7. The predicted octanol–water partition coefficient (Wildman–Crippen LogP) is 4.06. The summed E-state index contributed by atoms with van der Waals surface area (Å²) in [5.41, 5.74) is 2.26. The maximum absolute atomic E-state index is 13.0. The summed E-state index contributed by atoms with van der Waals surface area (Å²) in [6, 6.07) is 23.3. The van der Waals surface area contributed by atoms with E-state index in [9.17, 15) is 9.59 Å². The first-order valence-corrected chi connectivity index (χ1v) is 9.61. The van der Waals surface area contributed by atoms with E-state index in [2.05, 4.69) is 5.32 Å². The number of para-hydroxylation sites is 2. The molecule has 1 heterocycles. The second kappa shape index (κ2) is 8.69. The summed E-state index contributed by atoms with van der Waals surface area (Å²) in [5.74, 6) is -0.0858. The van der Waals surface area contributed by atoms with Gasteiger partial charge in [0.15, 0.2) is 11.5 Å². The Morgan fingerprint density at radius 3 is 2.33 bits per heavy atom. The number of rotatable bonds is 5. The van der Waals surface area contributed by atoms with Crippen molar-refractivity contribution in [1.29, 1.82) is 0 Å². The van der Waals surface area contributed by atoms with Crippen LogP contribution in [0.2, 0.25) is 0 Å². The monoisotopic (exact) mass is 403 g/mol. The van der Waals surface area contributed by atoms with Gasteiger partial charge in [0, 0.05) is 11.3 Å². The lowest BCUT2D eigenvalue weighted by Gasteiger charge is -2.26. The average Bonchev–Trinajstić information content (AvgIpc) is 2.79. The molecular formula is C24H21NO5. The topological polar surface area (TPSA) is 73.9 Å². The number of fused-ring (bicyclic) bond motifs is 1. The maximum Gasteiger partial charge on any atom is 0.352 e. The average molecular weight is 403 g/mol. The van der Waals surface area contributed by atoms with Crippen LogP contribution >= 0.6 is 0 Å². The third-order valence-electron chi connectivity index (χ3n) is 4.67.